The molecule has 13 unspecified atom stereocenters. The highest BCUT2D eigenvalue weighted by Crippen LogP contribution is 2.70. The molecule has 5 heterocycles. The van der Waals surface area contributed by atoms with Crippen LogP contribution in [0.25, 0.3) is 0 Å². The average molecular weight is 925 g/mol. The lowest BCUT2D eigenvalue weighted by molar-refractivity contribution is -0.381. The molecule has 7 fully saturated rings. The molecule has 18 heteroatoms. The fourth-order valence-corrected chi connectivity index (χ4v) is 13.7. The summed E-state index contributed by atoms with van der Waals surface area (Å²) < 4.78 is 53.4. The summed E-state index contributed by atoms with van der Waals surface area (Å²) in [7, 11) is 0. The molecule has 9 rings (SSSR count). The first-order valence-electron chi connectivity index (χ1n) is 24.0. The summed E-state index contributed by atoms with van der Waals surface area (Å²) in [6, 6.07) is 0. The maximum absolute atomic E-state index is 12.6. The largest absolute Gasteiger partial charge is 0.458 e. The quantitative estimate of drug-likeness (QED) is 0.0906. The molecule has 26 atom stereocenters. The number of rotatable bonds is 9. The summed E-state index contributed by atoms with van der Waals surface area (Å²) in [6.07, 6.45) is -10.7. The van der Waals surface area contributed by atoms with E-state index in [0.29, 0.717) is 31.3 Å². The predicted molar refractivity (Wildman–Crippen MR) is 224 cm³/mol. The van der Waals surface area contributed by atoms with Crippen LogP contribution in [-0.4, -0.2) is 176 Å². The van der Waals surface area contributed by atoms with Gasteiger partial charge in [0.15, 0.2) is 25.2 Å². The van der Waals surface area contributed by atoms with E-state index in [9.17, 15) is 45.6 Å². The van der Waals surface area contributed by atoms with Gasteiger partial charge in [0.05, 0.1) is 42.2 Å². The number of esters is 1. The van der Waals surface area contributed by atoms with E-state index >= 15 is 0 Å². The zero-order chi connectivity index (χ0) is 46.5. The Morgan fingerprint density at radius 1 is 0.600 bits per heavy atom. The highest BCUT2D eigenvalue weighted by atomic mass is 16.8. The Morgan fingerprint density at radius 2 is 1.17 bits per heavy atom. The number of aliphatic hydroxyl groups excluding tert-OH is 7. The Bertz CT molecular complexity index is 1780. The molecule has 0 bridgehead atoms. The number of carbonyl (C=O) groups is 1. The van der Waals surface area contributed by atoms with Crippen LogP contribution < -0.4 is 0 Å². The van der Waals surface area contributed by atoms with Gasteiger partial charge in [-0.1, -0.05) is 19.9 Å². The van der Waals surface area contributed by atoms with Crippen molar-refractivity contribution >= 4 is 5.97 Å². The van der Waals surface area contributed by atoms with E-state index in [1.165, 1.54) is 19.1 Å². The molecule has 0 amide bonds. The smallest absolute Gasteiger partial charge is 0.331 e. The molecule has 0 aromatic heterocycles. The molecule has 0 aromatic rings. The van der Waals surface area contributed by atoms with Crippen molar-refractivity contribution in [3.63, 3.8) is 0 Å². The van der Waals surface area contributed by atoms with Crippen LogP contribution >= 0.6 is 0 Å². The lowest BCUT2D eigenvalue weighted by Crippen LogP contribution is -2.66. The van der Waals surface area contributed by atoms with Crippen molar-refractivity contribution in [2.45, 2.75) is 222 Å². The molecule has 368 valence electrons. The van der Waals surface area contributed by atoms with Gasteiger partial charge in [0, 0.05) is 11.5 Å². The van der Waals surface area contributed by atoms with Crippen LogP contribution in [0.15, 0.2) is 23.8 Å². The third-order valence-electron chi connectivity index (χ3n) is 17.8. The standard InChI is InChI=1S/C47H72O18/c1-20-30(48)9-10-32(58-20)63-39-33(50)21(2)60-43(36(39)53)65-41-35(52)23(4)61-44(38(41)55)64-40-34(51)22(3)59-42(37(40)54)62-26-11-14-45(5)25(18-26)7-8-29-28(45)12-15-46(6)27(13-16-47(29,46)56)24-17-31(49)57-19-24/h9-10,17,20-23,25-30,32-44,48,50-56H,7-8,11-16,18-19H2,1-6H3/t20-,21?,22?,23?,25-,26-,27+,28?,29?,30-,32+,33?,34?,35?,36-,37-,38-,39-,40-,41-,42?,43?,44?,45?,46?,47-/m0/s1. The molecular formula is C47H72O18. The third-order valence-corrected chi connectivity index (χ3v) is 17.8. The van der Waals surface area contributed by atoms with Gasteiger partial charge in [0.2, 0.25) is 0 Å². The monoisotopic (exact) mass is 924 g/mol. The fourth-order valence-electron chi connectivity index (χ4n) is 13.7. The van der Waals surface area contributed by atoms with Crippen molar-refractivity contribution in [2.24, 2.45) is 34.5 Å². The summed E-state index contributed by atoms with van der Waals surface area (Å²) in [5.41, 5.74) is -0.144. The summed E-state index contributed by atoms with van der Waals surface area (Å²) in [5, 5.41) is 90.8. The van der Waals surface area contributed by atoms with Crippen molar-refractivity contribution in [2.75, 3.05) is 6.61 Å². The Hall–Kier alpha value is -1.69. The van der Waals surface area contributed by atoms with Gasteiger partial charge >= 0.3 is 5.97 Å². The number of ether oxygens (including phenoxy) is 9. The van der Waals surface area contributed by atoms with Crippen molar-refractivity contribution in [3.8, 4) is 0 Å². The zero-order valence-corrected chi connectivity index (χ0v) is 38.2. The van der Waals surface area contributed by atoms with Crippen LogP contribution in [0.4, 0.5) is 0 Å². The van der Waals surface area contributed by atoms with E-state index in [4.69, 9.17) is 42.6 Å². The Labute approximate surface area is 380 Å². The van der Waals surface area contributed by atoms with Crippen molar-refractivity contribution < 1.29 is 88.3 Å². The average Bonchev–Trinajstić information content (AvgIpc) is 3.82. The van der Waals surface area contributed by atoms with Gasteiger partial charge in [-0.15, -0.1) is 0 Å². The minimum absolute atomic E-state index is 0.0199. The molecule has 0 aromatic carbocycles. The van der Waals surface area contributed by atoms with Gasteiger partial charge in [0.25, 0.3) is 0 Å². The first kappa shape index (κ1) is 48.3. The number of fused-ring (bicyclic) bond motifs is 5. The molecule has 65 heavy (non-hydrogen) atoms. The van der Waals surface area contributed by atoms with E-state index in [1.54, 1.807) is 26.8 Å². The summed E-state index contributed by atoms with van der Waals surface area (Å²) in [4.78, 5) is 12.0. The molecule has 4 aliphatic carbocycles. The second-order valence-electron chi connectivity index (χ2n) is 21.3. The normalized spacial score (nSPS) is 55.8. The maximum atomic E-state index is 12.6. The summed E-state index contributed by atoms with van der Waals surface area (Å²) >= 11 is 0. The molecule has 0 spiro atoms. The fraction of sp³-hybridized carbons (Fsp3) is 0.894. The van der Waals surface area contributed by atoms with Crippen molar-refractivity contribution in [3.05, 3.63) is 23.8 Å². The number of aliphatic hydroxyl groups is 8. The molecule has 4 saturated carbocycles. The van der Waals surface area contributed by atoms with Crippen molar-refractivity contribution in [1.29, 1.82) is 0 Å². The number of hydrogen-bond donors (Lipinski definition) is 8. The van der Waals surface area contributed by atoms with E-state index in [-0.39, 0.29) is 34.7 Å². The Morgan fingerprint density at radius 3 is 1.72 bits per heavy atom. The summed E-state index contributed by atoms with van der Waals surface area (Å²) in [6.45, 7) is 11.3. The minimum Gasteiger partial charge on any atom is -0.458 e. The van der Waals surface area contributed by atoms with Gasteiger partial charge in [-0.2, -0.15) is 0 Å². The van der Waals surface area contributed by atoms with E-state index in [1.807, 2.05) is 0 Å². The van der Waals surface area contributed by atoms with Gasteiger partial charge in [-0.05, 0) is 126 Å². The van der Waals surface area contributed by atoms with Crippen LogP contribution in [0.5, 0.6) is 0 Å². The molecule has 9 aliphatic rings. The van der Waals surface area contributed by atoms with Crippen LogP contribution in [0.2, 0.25) is 0 Å². The first-order valence-corrected chi connectivity index (χ1v) is 24.0. The molecule has 5 aliphatic heterocycles. The second-order valence-corrected chi connectivity index (χ2v) is 21.3. The zero-order valence-electron chi connectivity index (χ0n) is 38.2. The Balaban J connectivity index is 0.830. The highest BCUT2D eigenvalue weighted by Gasteiger charge is 2.68. The maximum Gasteiger partial charge on any atom is 0.331 e. The third kappa shape index (κ3) is 8.39. The number of hydrogen-bond acceptors (Lipinski definition) is 18. The van der Waals surface area contributed by atoms with Gasteiger partial charge in [-0.3, -0.25) is 0 Å². The van der Waals surface area contributed by atoms with Crippen LogP contribution in [-0.2, 0) is 47.4 Å². The number of carbonyl (C=O) groups excluding carboxylic acids is 1. The lowest BCUT2D eigenvalue weighted by atomic mass is 9.43. The predicted octanol–water partition coefficient (Wildman–Crippen LogP) is 0.846. The molecule has 18 nitrogen and oxygen atoms in total. The van der Waals surface area contributed by atoms with Gasteiger partial charge in [-0.25, -0.2) is 4.79 Å². The minimum atomic E-state index is -1.72. The summed E-state index contributed by atoms with van der Waals surface area (Å²) in [5.74, 6) is 0.642. The van der Waals surface area contributed by atoms with Crippen LogP contribution in [0.3, 0.4) is 0 Å². The Kier molecular flexibility index (Phi) is 13.6. The van der Waals surface area contributed by atoms with E-state index in [0.717, 1.165) is 50.5 Å². The van der Waals surface area contributed by atoms with E-state index < -0.39 is 116 Å². The topological polar surface area (TPSA) is 262 Å². The van der Waals surface area contributed by atoms with Crippen LogP contribution in [0.1, 0.15) is 99.3 Å². The molecular weight excluding hydrogens is 852 g/mol. The molecule has 8 N–H and O–H groups in total. The highest BCUT2D eigenvalue weighted by molar-refractivity contribution is 5.85. The first-order chi connectivity index (χ1) is 30.7. The van der Waals surface area contributed by atoms with Gasteiger partial charge < -0.3 is 83.5 Å². The van der Waals surface area contributed by atoms with E-state index in [2.05, 4.69) is 13.8 Å². The molecule has 3 saturated heterocycles. The van der Waals surface area contributed by atoms with Crippen molar-refractivity contribution in [1.82, 2.24) is 0 Å². The number of cyclic esters (lactones) is 1. The van der Waals surface area contributed by atoms with Gasteiger partial charge in [0.1, 0.15) is 61.5 Å². The molecule has 0 radical (unpaired) electrons. The SMILES string of the molecule is CC1OC(O[C@H]2CCC3(C)C4CCC5(C)[C@@H](C6=CC(=O)OC6)CC[C@]5(O)C4CC[C@H]3C2)[C@@H](O)[C@@H](OC2OC(C)C(O)[C@H](OC3OC(C)C(O)[C@H](O[C@@H]4C=C[C@H](O)[C@H](C)O4)[C@@H]3O)[C@@H]2O)C1O. The van der Waals surface area contributed by atoms with Crippen LogP contribution in [0, 0.1) is 34.5 Å². The second kappa shape index (κ2) is 18.2. The lowest BCUT2D eigenvalue weighted by Gasteiger charge is -2.64.